The van der Waals surface area contributed by atoms with E-state index in [4.69, 9.17) is 42.9 Å². The topological polar surface area (TPSA) is 76.5 Å². The number of nitrogens with zero attached hydrogens (tertiary/aromatic N) is 3. The third-order valence-electron chi connectivity index (χ3n) is 5.37. The van der Waals surface area contributed by atoms with Gasteiger partial charge in [0.1, 0.15) is 0 Å². The third kappa shape index (κ3) is 4.23. The van der Waals surface area contributed by atoms with Gasteiger partial charge in [0.15, 0.2) is 6.29 Å². The van der Waals surface area contributed by atoms with Crippen molar-refractivity contribution >= 4 is 34.1 Å². The maximum absolute atomic E-state index is 9.14. The molecular formula is C20H21Cl2N3O3S. The second-order valence-electron chi connectivity index (χ2n) is 6.96. The van der Waals surface area contributed by atoms with Crippen molar-refractivity contribution in [1.29, 1.82) is 0 Å². The molecule has 2 aromatic carbocycles. The SMILES string of the molecule is CO[C@H]1C[SH](c2ccc(Cl)c(Cl)c2)[C@@H]2COC(c3ccccc3)O[C@@H]2[C@H]1N=[N+]=[N-]. The van der Waals surface area contributed by atoms with Crippen LogP contribution in [0.4, 0.5) is 0 Å². The Hall–Kier alpha value is -1.44. The molecule has 2 aromatic rings. The number of ether oxygens (including phenoxy) is 3. The third-order valence-corrected chi connectivity index (χ3v) is 9.04. The van der Waals surface area contributed by atoms with Crippen molar-refractivity contribution in [3.8, 4) is 0 Å². The summed E-state index contributed by atoms with van der Waals surface area (Å²) >= 11 is 12.4. The van der Waals surface area contributed by atoms with E-state index in [9.17, 15) is 0 Å². The molecule has 0 radical (unpaired) electrons. The minimum Gasteiger partial charge on any atom is -0.380 e. The monoisotopic (exact) mass is 453 g/mol. The molecule has 0 amide bonds. The summed E-state index contributed by atoms with van der Waals surface area (Å²) in [5, 5.41) is 5.15. The van der Waals surface area contributed by atoms with Crippen LogP contribution in [0.15, 0.2) is 58.5 Å². The van der Waals surface area contributed by atoms with Crippen molar-refractivity contribution in [3.63, 3.8) is 0 Å². The Morgan fingerprint density at radius 3 is 2.66 bits per heavy atom. The molecule has 0 bridgehead atoms. The van der Waals surface area contributed by atoms with Crippen LogP contribution in [0, 0.1) is 0 Å². The van der Waals surface area contributed by atoms with Crippen LogP contribution in [0.25, 0.3) is 10.4 Å². The first-order valence-electron chi connectivity index (χ1n) is 9.23. The Morgan fingerprint density at radius 1 is 1.17 bits per heavy atom. The molecule has 9 heteroatoms. The summed E-state index contributed by atoms with van der Waals surface area (Å²) in [5.74, 6) is 0.734. The van der Waals surface area contributed by atoms with Gasteiger partial charge in [-0.05, 0) is 28.6 Å². The molecule has 2 fully saturated rings. The molecule has 2 unspecified atom stereocenters. The van der Waals surface area contributed by atoms with Crippen molar-refractivity contribution in [2.24, 2.45) is 5.11 Å². The number of methoxy groups -OCH3 is 1. The Bertz CT molecular complexity index is 913. The highest BCUT2D eigenvalue weighted by Gasteiger charge is 2.48. The van der Waals surface area contributed by atoms with Crippen LogP contribution in [-0.4, -0.2) is 43.0 Å². The van der Waals surface area contributed by atoms with E-state index >= 15 is 0 Å². The number of benzene rings is 2. The van der Waals surface area contributed by atoms with E-state index in [2.05, 4.69) is 10.0 Å². The lowest BCUT2D eigenvalue weighted by molar-refractivity contribution is -0.225. The summed E-state index contributed by atoms with van der Waals surface area (Å²) in [4.78, 5) is 4.17. The van der Waals surface area contributed by atoms with Crippen LogP contribution in [-0.2, 0) is 14.2 Å². The lowest BCUT2D eigenvalue weighted by Crippen LogP contribution is -2.56. The summed E-state index contributed by atoms with van der Waals surface area (Å²) in [6.45, 7) is 0.504. The van der Waals surface area contributed by atoms with Gasteiger partial charge in [-0.3, -0.25) is 0 Å². The van der Waals surface area contributed by atoms with Gasteiger partial charge in [-0.2, -0.15) is 0 Å². The van der Waals surface area contributed by atoms with Crippen LogP contribution in [0.2, 0.25) is 10.0 Å². The van der Waals surface area contributed by atoms with Crippen LogP contribution in [0.1, 0.15) is 11.9 Å². The fourth-order valence-corrected chi connectivity index (χ4v) is 7.36. The maximum atomic E-state index is 9.14. The fourth-order valence-electron chi connectivity index (χ4n) is 3.94. The first-order valence-corrected chi connectivity index (χ1v) is 11.6. The number of rotatable bonds is 4. The predicted octanol–water partition coefficient (Wildman–Crippen LogP) is 5.54. The van der Waals surface area contributed by atoms with E-state index in [0.717, 1.165) is 16.2 Å². The molecule has 0 spiro atoms. The van der Waals surface area contributed by atoms with Crippen LogP contribution < -0.4 is 0 Å². The first kappa shape index (κ1) is 20.8. The normalized spacial score (nSPS) is 32.8. The Balaban J connectivity index is 1.68. The summed E-state index contributed by atoms with van der Waals surface area (Å²) < 4.78 is 18.2. The van der Waals surface area contributed by atoms with E-state index in [1.807, 2.05) is 48.5 Å². The van der Waals surface area contributed by atoms with Gasteiger partial charge in [0.2, 0.25) is 0 Å². The second kappa shape index (κ2) is 9.14. The second-order valence-corrected chi connectivity index (χ2v) is 10.3. The summed E-state index contributed by atoms with van der Waals surface area (Å²) in [6, 6.07) is 15.1. The predicted molar refractivity (Wildman–Crippen MR) is 116 cm³/mol. The number of hydrogen-bond acceptors (Lipinski definition) is 4. The first-order chi connectivity index (χ1) is 14.1. The van der Waals surface area contributed by atoms with Crippen LogP contribution >= 0.6 is 34.1 Å². The summed E-state index contributed by atoms with van der Waals surface area (Å²) in [6.07, 6.45) is -1.07. The average molecular weight is 454 g/mol. The smallest absolute Gasteiger partial charge is 0.184 e. The van der Waals surface area contributed by atoms with E-state index in [-0.39, 0.29) is 17.5 Å². The average Bonchev–Trinajstić information content (AvgIpc) is 2.76. The number of thiol groups is 1. The summed E-state index contributed by atoms with van der Waals surface area (Å²) in [7, 11) is 0.915. The minimum atomic E-state index is -0.725. The molecule has 2 aliphatic heterocycles. The molecule has 0 saturated carbocycles. The van der Waals surface area contributed by atoms with Gasteiger partial charge in [-0.1, -0.05) is 58.6 Å². The zero-order valence-corrected chi connectivity index (χ0v) is 18.1. The molecule has 154 valence electrons. The molecule has 0 aromatic heterocycles. The number of hydrogen-bond donors (Lipinski definition) is 1. The van der Waals surface area contributed by atoms with Gasteiger partial charge in [0, 0.05) is 28.6 Å². The van der Waals surface area contributed by atoms with Gasteiger partial charge < -0.3 is 14.2 Å². The van der Waals surface area contributed by atoms with Crippen molar-refractivity contribution < 1.29 is 14.2 Å². The molecular weight excluding hydrogens is 433 g/mol. The lowest BCUT2D eigenvalue weighted by Gasteiger charge is -2.50. The van der Waals surface area contributed by atoms with Crippen molar-refractivity contribution in [2.45, 2.75) is 34.7 Å². The standard InChI is InChI=1S/C20H21Cl2N3O3S/c1-26-16-11-29(13-7-8-14(21)15(22)9-13)17-10-27-20(12-5-3-2-4-6-12)28-19(17)18(16)24-25-23/h2-9,16-20,29H,10-11H2,1H3/t16-,17+,18-,19-,20?/m0/s1. The van der Waals surface area contributed by atoms with Crippen molar-refractivity contribution in [2.75, 3.05) is 19.5 Å². The molecule has 2 saturated heterocycles. The molecule has 2 aliphatic rings. The highest BCUT2D eigenvalue weighted by atomic mass is 35.5. The summed E-state index contributed by atoms with van der Waals surface area (Å²) in [5.41, 5.74) is 10.1. The minimum absolute atomic E-state index is 0.0594. The van der Waals surface area contributed by atoms with E-state index in [1.165, 1.54) is 0 Å². The van der Waals surface area contributed by atoms with Gasteiger partial charge in [0.25, 0.3) is 0 Å². The van der Waals surface area contributed by atoms with E-state index in [1.54, 1.807) is 7.11 Å². The molecule has 0 aliphatic carbocycles. The number of fused-ring (bicyclic) bond motifs is 1. The van der Waals surface area contributed by atoms with Gasteiger partial charge in [-0.25, -0.2) is 10.9 Å². The highest BCUT2D eigenvalue weighted by Crippen LogP contribution is 2.52. The highest BCUT2D eigenvalue weighted by molar-refractivity contribution is 8.17. The molecule has 0 N–H and O–H groups in total. The molecule has 6 atom stereocenters. The van der Waals surface area contributed by atoms with Gasteiger partial charge >= 0.3 is 0 Å². The van der Waals surface area contributed by atoms with Gasteiger partial charge in [-0.15, -0.1) is 0 Å². The van der Waals surface area contributed by atoms with Gasteiger partial charge in [0.05, 0.1) is 34.9 Å². The van der Waals surface area contributed by atoms with Crippen molar-refractivity contribution in [1.82, 2.24) is 0 Å². The molecule has 2 heterocycles. The van der Waals surface area contributed by atoms with Crippen molar-refractivity contribution in [3.05, 3.63) is 74.6 Å². The van der Waals surface area contributed by atoms with Crippen LogP contribution in [0.5, 0.6) is 0 Å². The van der Waals surface area contributed by atoms with E-state index < -0.39 is 23.2 Å². The Morgan fingerprint density at radius 2 is 1.97 bits per heavy atom. The largest absolute Gasteiger partial charge is 0.380 e. The van der Waals surface area contributed by atoms with E-state index in [0.29, 0.717) is 16.7 Å². The molecule has 6 nitrogen and oxygen atoms in total. The quantitative estimate of drug-likeness (QED) is 0.285. The molecule has 4 rings (SSSR count). The fraction of sp³-hybridized carbons (Fsp3) is 0.400. The molecule has 29 heavy (non-hydrogen) atoms. The Kier molecular flexibility index (Phi) is 6.56. The van der Waals surface area contributed by atoms with Crippen LogP contribution in [0.3, 0.4) is 0 Å². The Labute approximate surface area is 182 Å². The zero-order valence-electron chi connectivity index (χ0n) is 15.7. The zero-order chi connectivity index (χ0) is 20.4. The number of halogens is 2. The lowest BCUT2D eigenvalue weighted by atomic mass is 10.0. The number of azide groups is 1. The maximum Gasteiger partial charge on any atom is 0.184 e.